The quantitative estimate of drug-likeness (QED) is 0.772. The fraction of sp³-hybridized carbons (Fsp3) is 0.412. The number of hydrogen-bond donors (Lipinski definition) is 1. The third-order valence-corrected chi connectivity index (χ3v) is 4.02. The van der Waals surface area contributed by atoms with Crippen molar-refractivity contribution < 1.29 is 41.8 Å². The van der Waals surface area contributed by atoms with Crippen LogP contribution in [-0.2, 0) is 30.0 Å². The molecule has 1 aromatic rings. The van der Waals surface area contributed by atoms with Gasteiger partial charge in [-0.05, 0) is 25.1 Å². The summed E-state index contributed by atoms with van der Waals surface area (Å²) in [5.41, 5.74) is -0.913. The summed E-state index contributed by atoms with van der Waals surface area (Å²) >= 11 is 0. The summed E-state index contributed by atoms with van der Waals surface area (Å²) in [6, 6.07) is 4.18. The molecule has 2 atom stereocenters. The van der Waals surface area contributed by atoms with Crippen LogP contribution in [0.4, 0.5) is 23.7 Å². The standard InChI is InChI=1S/C17H17F3N2O6/c1-9(14(24)21-16(26)27-2)28-15(25)10-6-13(23)22(8-10)12-5-3-4-11(7-12)17(18,19)20/h3-5,7,9-10H,6,8H2,1-2H3,(H,21,24,26)/t9-,10-/m1/s1. The topological polar surface area (TPSA) is 102 Å². The monoisotopic (exact) mass is 402 g/mol. The van der Waals surface area contributed by atoms with E-state index in [1.807, 2.05) is 5.32 Å². The number of halogens is 3. The van der Waals surface area contributed by atoms with Crippen LogP contribution in [0.3, 0.4) is 0 Å². The molecule has 1 aromatic carbocycles. The van der Waals surface area contributed by atoms with E-state index >= 15 is 0 Å². The Morgan fingerprint density at radius 2 is 1.96 bits per heavy atom. The van der Waals surface area contributed by atoms with Crippen LogP contribution in [0.2, 0.25) is 0 Å². The van der Waals surface area contributed by atoms with Crippen molar-refractivity contribution in [3.63, 3.8) is 0 Å². The first-order valence-corrected chi connectivity index (χ1v) is 8.10. The Kier molecular flexibility index (Phi) is 6.26. The zero-order chi connectivity index (χ0) is 21.1. The number of alkyl carbamates (subject to hydrolysis) is 1. The van der Waals surface area contributed by atoms with Crippen molar-refractivity contribution >= 4 is 29.6 Å². The predicted octanol–water partition coefficient (Wildman–Crippen LogP) is 1.87. The lowest BCUT2D eigenvalue weighted by molar-refractivity contribution is -0.158. The van der Waals surface area contributed by atoms with E-state index in [-0.39, 0.29) is 18.7 Å². The van der Waals surface area contributed by atoms with Crippen LogP contribution in [0.15, 0.2) is 24.3 Å². The Morgan fingerprint density at radius 3 is 2.57 bits per heavy atom. The van der Waals surface area contributed by atoms with Gasteiger partial charge in [0.2, 0.25) is 5.91 Å². The van der Waals surface area contributed by atoms with Crippen LogP contribution < -0.4 is 10.2 Å². The second kappa shape index (κ2) is 8.28. The molecule has 8 nitrogen and oxygen atoms in total. The van der Waals surface area contributed by atoms with E-state index in [2.05, 4.69) is 4.74 Å². The van der Waals surface area contributed by atoms with Crippen molar-refractivity contribution in [2.75, 3.05) is 18.6 Å². The lowest BCUT2D eigenvalue weighted by atomic mass is 10.1. The molecule has 0 spiro atoms. The van der Waals surface area contributed by atoms with Crippen LogP contribution in [0.1, 0.15) is 18.9 Å². The number of alkyl halides is 3. The maximum absolute atomic E-state index is 12.8. The number of carbonyl (C=O) groups is 4. The first-order valence-electron chi connectivity index (χ1n) is 8.10. The fourth-order valence-corrected chi connectivity index (χ4v) is 2.54. The number of rotatable bonds is 4. The maximum Gasteiger partial charge on any atom is 0.416 e. The normalized spacial score (nSPS) is 17.8. The van der Waals surface area contributed by atoms with Gasteiger partial charge < -0.3 is 14.4 Å². The SMILES string of the molecule is COC(=O)NC(=O)[C@@H](C)OC(=O)[C@@H]1CC(=O)N(c2cccc(C(F)(F)F)c2)C1. The average Bonchev–Trinajstić information content (AvgIpc) is 3.02. The maximum atomic E-state index is 12.8. The number of nitrogens with zero attached hydrogens (tertiary/aromatic N) is 1. The largest absolute Gasteiger partial charge is 0.453 e. The molecule has 0 unspecified atom stereocenters. The lowest BCUT2D eigenvalue weighted by Gasteiger charge is -2.19. The molecule has 1 aliphatic heterocycles. The number of imide groups is 1. The van der Waals surface area contributed by atoms with Gasteiger partial charge in [0, 0.05) is 18.7 Å². The highest BCUT2D eigenvalue weighted by atomic mass is 19.4. The number of esters is 1. The minimum absolute atomic E-state index is 0.00612. The summed E-state index contributed by atoms with van der Waals surface area (Å²) in [5, 5.41) is 1.83. The van der Waals surface area contributed by atoms with E-state index < -0.39 is 47.6 Å². The minimum atomic E-state index is -4.57. The molecular formula is C17H17F3N2O6. The highest BCUT2D eigenvalue weighted by molar-refractivity contribution is 6.00. The van der Waals surface area contributed by atoms with E-state index in [4.69, 9.17) is 4.74 Å². The molecule has 1 fully saturated rings. The third-order valence-electron chi connectivity index (χ3n) is 4.02. The number of amides is 3. The van der Waals surface area contributed by atoms with Gasteiger partial charge in [-0.1, -0.05) is 6.07 Å². The molecule has 0 saturated carbocycles. The van der Waals surface area contributed by atoms with Crippen molar-refractivity contribution in [1.82, 2.24) is 5.32 Å². The summed E-state index contributed by atoms with van der Waals surface area (Å²) in [6.07, 6.45) is -7.20. The van der Waals surface area contributed by atoms with Crippen molar-refractivity contribution in [1.29, 1.82) is 0 Å². The van der Waals surface area contributed by atoms with Gasteiger partial charge in [-0.2, -0.15) is 13.2 Å². The van der Waals surface area contributed by atoms with Gasteiger partial charge in [0.1, 0.15) is 0 Å². The summed E-state index contributed by atoms with van der Waals surface area (Å²) in [6.45, 7) is 1.03. The number of anilines is 1. The Bertz CT molecular complexity index is 795. The van der Waals surface area contributed by atoms with E-state index in [0.29, 0.717) is 0 Å². The molecule has 3 amide bonds. The van der Waals surface area contributed by atoms with Gasteiger partial charge in [-0.3, -0.25) is 19.7 Å². The molecule has 1 N–H and O–H groups in total. The van der Waals surface area contributed by atoms with Gasteiger partial charge in [0.05, 0.1) is 18.6 Å². The van der Waals surface area contributed by atoms with Gasteiger partial charge >= 0.3 is 18.2 Å². The van der Waals surface area contributed by atoms with E-state index in [9.17, 15) is 32.3 Å². The number of benzene rings is 1. The predicted molar refractivity (Wildman–Crippen MR) is 88.0 cm³/mol. The molecule has 0 aromatic heterocycles. The van der Waals surface area contributed by atoms with E-state index in [1.54, 1.807) is 0 Å². The Labute approximate surface area is 157 Å². The smallest absolute Gasteiger partial charge is 0.416 e. The molecule has 2 rings (SSSR count). The number of ether oxygens (including phenoxy) is 2. The van der Waals surface area contributed by atoms with Gasteiger partial charge in [0.15, 0.2) is 6.10 Å². The third kappa shape index (κ3) is 4.99. The minimum Gasteiger partial charge on any atom is -0.453 e. The molecule has 0 aliphatic carbocycles. The second-order valence-electron chi connectivity index (χ2n) is 6.01. The molecule has 152 valence electrons. The molecule has 1 aliphatic rings. The van der Waals surface area contributed by atoms with Gasteiger partial charge in [0.25, 0.3) is 5.91 Å². The summed E-state index contributed by atoms with van der Waals surface area (Å²) in [5.74, 6) is -3.31. The zero-order valence-electron chi connectivity index (χ0n) is 14.9. The number of methoxy groups -OCH3 is 1. The van der Waals surface area contributed by atoms with Crippen LogP contribution in [0, 0.1) is 5.92 Å². The highest BCUT2D eigenvalue weighted by Crippen LogP contribution is 2.33. The number of nitrogens with one attached hydrogen (secondary N) is 1. The van der Waals surface area contributed by atoms with Crippen molar-refractivity contribution in [3.05, 3.63) is 29.8 Å². The number of carbonyl (C=O) groups excluding carboxylic acids is 4. The van der Waals surface area contributed by atoms with Crippen molar-refractivity contribution in [2.45, 2.75) is 25.6 Å². The summed E-state index contributed by atoms with van der Waals surface area (Å²) in [4.78, 5) is 48.0. The first kappa shape index (κ1) is 21.2. The lowest BCUT2D eigenvalue weighted by Crippen LogP contribution is -2.40. The zero-order valence-corrected chi connectivity index (χ0v) is 14.9. The molecule has 1 saturated heterocycles. The van der Waals surface area contributed by atoms with Crippen LogP contribution in [-0.4, -0.2) is 43.6 Å². The molecule has 11 heteroatoms. The van der Waals surface area contributed by atoms with Gasteiger partial charge in [-0.25, -0.2) is 4.79 Å². The Balaban J connectivity index is 2.03. The number of hydrogen-bond acceptors (Lipinski definition) is 6. The molecular weight excluding hydrogens is 385 g/mol. The van der Waals surface area contributed by atoms with Crippen molar-refractivity contribution in [2.24, 2.45) is 5.92 Å². The molecule has 0 radical (unpaired) electrons. The average molecular weight is 402 g/mol. The fourth-order valence-electron chi connectivity index (χ4n) is 2.54. The molecule has 1 heterocycles. The van der Waals surface area contributed by atoms with Crippen LogP contribution in [0.25, 0.3) is 0 Å². The molecule has 28 heavy (non-hydrogen) atoms. The molecule has 0 bridgehead atoms. The first-order chi connectivity index (χ1) is 13.0. The van der Waals surface area contributed by atoms with Crippen LogP contribution in [0.5, 0.6) is 0 Å². The summed E-state index contributed by atoms with van der Waals surface area (Å²) < 4.78 is 47.7. The van der Waals surface area contributed by atoms with Gasteiger partial charge in [-0.15, -0.1) is 0 Å². The second-order valence-corrected chi connectivity index (χ2v) is 6.01. The highest BCUT2D eigenvalue weighted by Gasteiger charge is 2.38. The Hall–Kier alpha value is -3.11. The Morgan fingerprint density at radius 1 is 1.29 bits per heavy atom. The van der Waals surface area contributed by atoms with E-state index in [1.165, 1.54) is 13.0 Å². The van der Waals surface area contributed by atoms with E-state index in [0.717, 1.165) is 30.2 Å². The summed E-state index contributed by atoms with van der Waals surface area (Å²) in [7, 11) is 1.05. The van der Waals surface area contributed by atoms with Crippen molar-refractivity contribution in [3.8, 4) is 0 Å². The van der Waals surface area contributed by atoms with Crippen LogP contribution >= 0.6 is 0 Å².